The smallest absolute Gasteiger partial charge is 0.410 e. The maximum absolute atomic E-state index is 12.5. The van der Waals surface area contributed by atoms with E-state index in [1.807, 2.05) is 6.07 Å². The monoisotopic (exact) mass is 385 g/mol. The van der Waals surface area contributed by atoms with Crippen LogP contribution >= 0.6 is 0 Å². The van der Waals surface area contributed by atoms with Gasteiger partial charge in [0.15, 0.2) is 0 Å². The summed E-state index contributed by atoms with van der Waals surface area (Å²) in [4.78, 5) is 31.3. The molecule has 3 saturated heterocycles. The van der Waals surface area contributed by atoms with Gasteiger partial charge >= 0.3 is 12.2 Å². The van der Waals surface area contributed by atoms with Gasteiger partial charge in [0.2, 0.25) is 0 Å². The van der Waals surface area contributed by atoms with Crippen LogP contribution in [0.5, 0.6) is 0 Å². The second kappa shape index (κ2) is 7.54. The minimum absolute atomic E-state index is 0.0375. The molecule has 0 spiro atoms. The molecule has 0 aromatic carbocycles. The predicted octanol–water partition coefficient (Wildman–Crippen LogP) is 2.25. The molecule has 0 saturated carbocycles. The van der Waals surface area contributed by atoms with Crippen LogP contribution in [0, 0.1) is 11.3 Å². The quantitative estimate of drug-likeness (QED) is 0.819. The number of hydrogen-bond acceptors (Lipinski definition) is 6. The molecule has 3 aliphatic heterocycles. The van der Waals surface area contributed by atoms with Gasteiger partial charge < -0.3 is 25.0 Å². The number of carboxylic acid groups (broad SMARTS) is 1. The molecule has 0 radical (unpaired) electrons. The predicted molar refractivity (Wildman–Crippen MR) is 98.7 cm³/mol. The van der Waals surface area contributed by atoms with Crippen molar-refractivity contribution in [3.8, 4) is 6.07 Å². The lowest BCUT2D eigenvalue weighted by atomic mass is 10.0. The van der Waals surface area contributed by atoms with Gasteiger partial charge in [0.1, 0.15) is 18.0 Å². The van der Waals surface area contributed by atoms with Gasteiger partial charge in [-0.05, 0) is 31.4 Å². The Hall–Kier alpha value is -3.02. The Bertz CT molecular complexity index is 779. The molecule has 9 heteroatoms. The third-order valence-electron chi connectivity index (χ3n) is 5.87. The van der Waals surface area contributed by atoms with Crippen molar-refractivity contribution < 1.29 is 19.4 Å². The Labute approximate surface area is 162 Å². The Morgan fingerprint density at radius 3 is 2.61 bits per heavy atom. The van der Waals surface area contributed by atoms with Crippen LogP contribution in [0.15, 0.2) is 18.3 Å². The van der Waals surface area contributed by atoms with Crippen molar-refractivity contribution in [3.05, 3.63) is 23.9 Å². The Morgan fingerprint density at radius 1 is 1.25 bits per heavy atom. The second-order valence-corrected chi connectivity index (χ2v) is 7.67. The van der Waals surface area contributed by atoms with Crippen LogP contribution in [0.2, 0.25) is 0 Å². The zero-order chi connectivity index (χ0) is 19.7. The van der Waals surface area contributed by atoms with Crippen molar-refractivity contribution in [2.45, 2.75) is 56.3 Å². The molecule has 3 aliphatic rings. The van der Waals surface area contributed by atoms with Crippen LogP contribution in [0.3, 0.4) is 0 Å². The minimum Gasteiger partial charge on any atom is -0.465 e. The number of nitrogens with one attached hydrogen (secondary N) is 1. The summed E-state index contributed by atoms with van der Waals surface area (Å²) >= 11 is 0. The number of fused-ring (bicyclic) bond motifs is 2. The van der Waals surface area contributed by atoms with Gasteiger partial charge in [-0.1, -0.05) is 0 Å². The molecule has 2 N–H and O–H groups in total. The van der Waals surface area contributed by atoms with Crippen LogP contribution in [-0.2, 0) is 4.74 Å². The van der Waals surface area contributed by atoms with E-state index in [-0.39, 0.29) is 30.3 Å². The van der Waals surface area contributed by atoms with Gasteiger partial charge in [-0.3, -0.25) is 0 Å². The van der Waals surface area contributed by atoms with E-state index in [2.05, 4.69) is 10.3 Å². The number of ether oxygens (including phenoxy) is 1. The number of nitrogens with zero attached hydrogens (tertiary/aromatic N) is 4. The maximum Gasteiger partial charge on any atom is 0.410 e. The van der Waals surface area contributed by atoms with Crippen LogP contribution in [-0.4, -0.2) is 69.4 Å². The van der Waals surface area contributed by atoms with Gasteiger partial charge in [-0.15, -0.1) is 0 Å². The highest BCUT2D eigenvalue weighted by atomic mass is 16.6. The van der Waals surface area contributed by atoms with Crippen molar-refractivity contribution in [2.24, 2.45) is 0 Å². The fraction of sp³-hybridized carbons (Fsp3) is 0.579. The van der Waals surface area contributed by atoms with Crippen LogP contribution in [0.1, 0.15) is 37.7 Å². The Balaban J connectivity index is 1.27. The average molecular weight is 385 g/mol. The van der Waals surface area contributed by atoms with E-state index in [0.717, 1.165) is 19.3 Å². The number of amides is 2. The average Bonchev–Trinajstić information content (AvgIpc) is 3.25. The van der Waals surface area contributed by atoms with E-state index in [0.29, 0.717) is 37.3 Å². The Morgan fingerprint density at radius 2 is 2.00 bits per heavy atom. The molecule has 0 aliphatic carbocycles. The fourth-order valence-electron chi connectivity index (χ4n) is 4.55. The summed E-state index contributed by atoms with van der Waals surface area (Å²) < 4.78 is 5.70. The lowest BCUT2D eigenvalue weighted by Crippen LogP contribution is -2.49. The molecule has 2 unspecified atom stereocenters. The first-order valence-corrected chi connectivity index (χ1v) is 9.63. The van der Waals surface area contributed by atoms with Crippen molar-refractivity contribution in [3.63, 3.8) is 0 Å². The fourth-order valence-corrected chi connectivity index (χ4v) is 4.55. The summed E-state index contributed by atoms with van der Waals surface area (Å²) in [5.41, 5.74) is 0.505. The number of nitriles is 1. The zero-order valence-corrected chi connectivity index (χ0v) is 15.5. The van der Waals surface area contributed by atoms with Crippen molar-refractivity contribution in [2.75, 3.05) is 18.4 Å². The summed E-state index contributed by atoms with van der Waals surface area (Å²) in [6, 6.07) is 5.50. The van der Waals surface area contributed by atoms with Gasteiger partial charge in [-0.25, -0.2) is 14.6 Å². The molecular formula is C19H23N5O4. The highest BCUT2D eigenvalue weighted by molar-refractivity contribution is 5.69. The number of pyridine rings is 1. The SMILES string of the molecule is N#Cc1ccc(N[C@@H]2CCN(C(=O)OC3CC4CCC(C3)N4C(=O)O)C2)nc1. The highest BCUT2D eigenvalue weighted by Crippen LogP contribution is 2.37. The first-order chi connectivity index (χ1) is 13.5. The van der Waals surface area contributed by atoms with Crippen molar-refractivity contribution in [1.82, 2.24) is 14.8 Å². The lowest BCUT2D eigenvalue weighted by molar-refractivity contribution is 0.00990. The number of aromatic nitrogens is 1. The minimum atomic E-state index is -0.873. The molecule has 2 bridgehead atoms. The van der Waals surface area contributed by atoms with Crippen LogP contribution in [0.4, 0.5) is 15.4 Å². The maximum atomic E-state index is 12.5. The molecule has 3 atom stereocenters. The summed E-state index contributed by atoms with van der Waals surface area (Å²) in [6.45, 7) is 1.13. The number of anilines is 1. The zero-order valence-electron chi connectivity index (χ0n) is 15.5. The molecular weight excluding hydrogens is 362 g/mol. The molecule has 1 aromatic heterocycles. The molecule has 3 fully saturated rings. The molecule has 9 nitrogen and oxygen atoms in total. The second-order valence-electron chi connectivity index (χ2n) is 7.67. The highest BCUT2D eigenvalue weighted by Gasteiger charge is 2.45. The Kier molecular flexibility index (Phi) is 4.94. The largest absolute Gasteiger partial charge is 0.465 e. The van der Waals surface area contributed by atoms with Crippen LogP contribution in [0.25, 0.3) is 0 Å². The van der Waals surface area contributed by atoms with E-state index in [1.54, 1.807) is 17.0 Å². The lowest BCUT2D eigenvalue weighted by Gasteiger charge is -2.37. The van der Waals surface area contributed by atoms with E-state index in [4.69, 9.17) is 10.00 Å². The van der Waals surface area contributed by atoms with Gasteiger partial charge in [0, 0.05) is 50.3 Å². The molecule has 148 valence electrons. The van der Waals surface area contributed by atoms with Crippen molar-refractivity contribution >= 4 is 18.0 Å². The number of hydrogen-bond donors (Lipinski definition) is 2. The van der Waals surface area contributed by atoms with Gasteiger partial charge in [0.05, 0.1) is 5.56 Å². The molecule has 28 heavy (non-hydrogen) atoms. The topological polar surface area (TPSA) is 119 Å². The number of likely N-dealkylation sites (tertiary alicyclic amines) is 1. The van der Waals surface area contributed by atoms with Crippen LogP contribution < -0.4 is 5.32 Å². The van der Waals surface area contributed by atoms with E-state index in [1.165, 1.54) is 11.1 Å². The molecule has 4 heterocycles. The summed E-state index contributed by atoms with van der Waals surface area (Å²) in [6.07, 6.45) is 3.75. The number of carbonyl (C=O) groups excluding carboxylic acids is 1. The number of rotatable bonds is 3. The van der Waals surface area contributed by atoms with Crippen molar-refractivity contribution in [1.29, 1.82) is 5.26 Å². The number of carbonyl (C=O) groups is 2. The van der Waals surface area contributed by atoms with E-state index >= 15 is 0 Å². The third kappa shape index (κ3) is 3.67. The summed E-state index contributed by atoms with van der Waals surface area (Å²) in [7, 11) is 0. The molecule has 4 rings (SSSR count). The third-order valence-corrected chi connectivity index (χ3v) is 5.87. The van der Waals surface area contributed by atoms with E-state index in [9.17, 15) is 14.7 Å². The standard InChI is InChI=1S/C19H23N5O4/c20-9-12-1-4-17(21-10-12)22-13-5-6-23(11-13)19(27)28-16-7-14-2-3-15(8-16)24(14)18(25)26/h1,4,10,13-16H,2-3,5-8,11H2,(H,21,22)(H,25,26)/t13-,14?,15?,16?/m1/s1. The first-order valence-electron chi connectivity index (χ1n) is 9.63. The number of piperidine rings is 1. The van der Waals surface area contributed by atoms with Gasteiger partial charge in [0.25, 0.3) is 0 Å². The first kappa shape index (κ1) is 18.3. The summed E-state index contributed by atoms with van der Waals surface area (Å²) in [5, 5.41) is 21.4. The van der Waals surface area contributed by atoms with Gasteiger partial charge in [-0.2, -0.15) is 5.26 Å². The van der Waals surface area contributed by atoms with E-state index < -0.39 is 6.09 Å². The molecule has 2 amide bonds. The molecule has 1 aromatic rings. The summed E-state index contributed by atoms with van der Waals surface area (Å²) in [5.74, 6) is 0.678. The normalized spacial score (nSPS) is 28.7.